The molecule has 4 atom stereocenters. The minimum Gasteiger partial charge on any atom is -0.384 e. The van der Waals surface area contributed by atoms with Crippen molar-refractivity contribution in [3.8, 4) is 0 Å². The number of sulfone groups is 1. The molecule has 0 spiro atoms. The number of nitrogens with one attached hydrogen (secondary N) is 4. The van der Waals surface area contributed by atoms with Crippen LogP contribution in [0.5, 0.6) is 0 Å². The van der Waals surface area contributed by atoms with Gasteiger partial charge in [0.1, 0.15) is 17.7 Å². The molecule has 3 fully saturated rings. The molecule has 60 heavy (non-hydrogen) atoms. The van der Waals surface area contributed by atoms with Crippen molar-refractivity contribution in [1.29, 1.82) is 0 Å². The quantitative estimate of drug-likeness (QED) is 0.0759. The highest BCUT2D eigenvalue weighted by Gasteiger charge is 2.45. The molecule has 1 aromatic carbocycles. The lowest BCUT2D eigenvalue weighted by atomic mass is 9.84. The Balaban J connectivity index is 1.38. The largest absolute Gasteiger partial charge is 0.384 e. The van der Waals surface area contributed by atoms with Crippen LogP contribution in [0.25, 0.3) is 0 Å². The summed E-state index contributed by atoms with van der Waals surface area (Å²) in [5.74, 6) is -4.31. The van der Waals surface area contributed by atoms with E-state index in [1.807, 2.05) is 0 Å². The van der Waals surface area contributed by atoms with Gasteiger partial charge in [0.15, 0.2) is 9.84 Å². The second kappa shape index (κ2) is 20.5. The summed E-state index contributed by atoms with van der Waals surface area (Å²) in [6.07, 6.45) is 8.99. The number of ketones is 1. The average molecular weight is 858 g/mol. The Kier molecular flexibility index (Phi) is 15.8. The smallest absolute Gasteiger partial charge is 0.315 e. The van der Waals surface area contributed by atoms with Crippen molar-refractivity contribution in [2.75, 3.05) is 32.6 Å². The summed E-state index contributed by atoms with van der Waals surface area (Å²) in [4.78, 5) is 81.5. The van der Waals surface area contributed by atoms with E-state index >= 15 is 0 Å². The van der Waals surface area contributed by atoms with Crippen LogP contribution in [0.4, 0.5) is 4.79 Å². The van der Waals surface area contributed by atoms with Gasteiger partial charge in [-0.3, -0.25) is 24.0 Å². The number of hydrogen-bond donors (Lipinski definition) is 6. The Labute approximate surface area is 350 Å². The van der Waals surface area contributed by atoms with Crippen molar-refractivity contribution >= 4 is 45.3 Å². The van der Waals surface area contributed by atoms with E-state index in [-0.39, 0.29) is 66.6 Å². The second-order valence-electron chi connectivity index (χ2n) is 16.6. The highest BCUT2D eigenvalue weighted by atomic mass is 32.2. The van der Waals surface area contributed by atoms with E-state index in [2.05, 4.69) is 31.6 Å². The van der Waals surface area contributed by atoms with Gasteiger partial charge >= 0.3 is 6.03 Å². The molecular weight excluding hydrogens is 799 g/mol. The van der Waals surface area contributed by atoms with E-state index in [4.69, 9.17) is 10.5 Å². The third-order valence-electron chi connectivity index (χ3n) is 11.3. The van der Waals surface area contributed by atoms with Crippen LogP contribution in [-0.4, -0.2) is 126 Å². The van der Waals surface area contributed by atoms with E-state index in [9.17, 15) is 42.3 Å². The highest BCUT2D eigenvalue weighted by molar-refractivity contribution is 7.91. The first-order valence-electron chi connectivity index (χ1n) is 20.7. The number of rotatable bonds is 21. The van der Waals surface area contributed by atoms with Crippen molar-refractivity contribution < 1.29 is 47.0 Å². The SMILES string of the molecule is COCCS(=O)(=O)c1ccc(C(=O)N[C@H](CC2CCCCC2)C(=O)N2CC(n3nncc3C(C)(C)O)CC2C(=O)NC(CCCCNC(=O)NC2CC2)C(=O)C(N)=O)cc1. The number of methoxy groups -OCH3 is 1. The van der Waals surface area contributed by atoms with E-state index in [1.54, 1.807) is 13.8 Å². The van der Waals surface area contributed by atoms with Gasteiger partial charge in [-0.05, 0) is 82.6 Å². The van der Waals surface area contributed by atoms with Gasteiger partial charge in [0.25, 0.3) is 11.8 Å². The zero-order valence-corrected chi connectivity index (χ0v) is 35.4. The molecule has 3 unspecified atom stereocenters. The Morgan fingerprint density at radius 3 is 2.32 bits per heavy atom. The summed E-state index contributed by atoms with van der Waals surface area (Å²) in [5, 5.41) is 30.2. The molecule has 1 saturated heterocycles. The summed E-state index contributed by atoms with van der Waals surface area (Å²) in [6.45, 7) is 3.33. The minimum absolute atomic E-state index is 0.00324. The first-order chi connectivity index (χ1) is 28.5. The maximum absolute atomic E-state index is 14.8. The number of primary amides is 1. The lowest BCUT2D eigenvalue weighted by Crippen LogP contribution is -2.56. The number of nitrogens with zero attached hydrogens (tertiary/aromatic N) is 4. The molecule has 2 saturated carbocycles. The molecule has 0 bridgehead atoms. The number of aromatic nitrogens is 3. The standard InChI is InChI=1S/C40H59N9O10S/c1-40(2,56)33-23-43-47-49(33)28-22-32(37(53)45-30(34(50)35(41)51)11-7-8-18-42-39(55)44-27-14-15-27)48(24-28)38(54)31(21-25-9-5-4-6-10-25)46-36(52)26-12-16-29(17-13-26)60(57,58)20-19-59-3/h12-13,16-17,23,25,27-28,30-32,56H,4-11,14-15,18-22,24H2,1-3H3,(H2,41,51)(H,45,53)(H,46,52)(H2,42,44,55)/t28?,30?,31-,32?/m1/s1. The molecule has 2 aromatic rings. The zero-order chi connectivity index (χ0) is 43.6. The number of Topliss-reactive ketones (excluding diaryl/α,β-unsaturated/α-hetero) is 1. The summed E-state index contributed by atoms with van der Waals surface area (Å²) in [6, 6.07) is 0.999. The lowest BCUT2D eigenvalue weighted by molar-refractivity contribution is -0.142. The normalized spacial score (nSPS) is 19.6. The highest BCUT2D eigenvalue weighted by Crippen LogP contribution is 2.34. The number of hydrogen-bond acceptors (Lipinski definition) is 12. The molecule has 5 rings (SSSR count). The molecule has 19 nitrogen and oxygen atoms in total. The van der Waals surface area contributed by atoms with Crippen LogP contribution < -0.4 is 27.0 Å². The van der Waals surface area contributed by atoms with Gasteiger partial charge in [0.05, 0.1) is 41.2 Å². The first kappa shape index (κ1) is 46.1. The van der Waals surface area contributed by atoms with Gasteiger partial charge in [-0.25, -0.2) is 17.9 Å². The summed E-state index contributed by atoms with van der Waals surface area (Å²) >= 11 is 0. The van der Waals surface area contributed by atoms with Gasteiger partial charge < -0.3 is 41.7 Å². The molecule has 1 aliphatic heterocycles. The number of unbranched alkanes of at least 4 members (excludes halogenated alkanes) is 1. The molecule has 20 heteroatoms. The maximum atomic E-state index is 14.8. The number of amides is 6. The van der Waals surface area contributed by atoms with E-state index in [1.165, 1.54) is 47.2 Å². The number of benzene rings is 1. The molecule has 7 N–H and O–H groups in total. The van der Waals surface area contributed by atoms with Crippen molar-refractivity contribution in [3.05, 3.63) is 41.7 Å². The Bertz CT molecular complexity index is 1960. The molecule has 3 aliphatic rings. The van der Waals surface area contributed by atoms with Crippen molar-refractivity contribution in [3.63, 3.8) is 0 Å². The molecular formula is C40H59N9O10S. The fraction of sp³-hybridized carbons (Fsp3) is 0.650. The van der Waals surface area contributed by atoms with Crippen LogP contribution in [-0.2, 0) is 39.4 Å². The number of likely N-dealkylation sites (tertiary alicyclic amines) is 1. The summed E-state index contributed by atoms with van der Waals surface area (Å²) in [7, 11) is -2.26. The zero-order valence-electron chi connectivity index (χ0n) is 34.6. The van der Waals surface area contributed by atoms with Crippen molar-refractivity contribution in [1.82, 2.24) is 41.2 Å². The molecule has 1 aromatic heterocycles. The number of nitrogens with two attached hydrogens (primary N) is 1. The topological polar surface area (TPSA) is 274 Å². The van der Waals surface area contributed by atoms with Gasteiger partial charge in [-0.1, -0.05) is 37.3 Å². The van der Waals surface area contributed by atoms with Crippen LogP contribution in [0.2, 0.25) is 0 Å². The summed E-state index contributed by atoms with van der Waals surface area (Å²) in [5.41, 5.74) is 4.46. The molecule has 2 aliphatic carbocycles. The molecule has 330 valence electrons. The maximum Gasteiger partial charge on any atom is 0.315 e. The predicted molar refractivity (Wildman–Crippen MR) is 217 cm³/mol. The Morgan fingerprint density at radius 1 is 0.983 bits per heavy atom. The molecule has 2 heterocycles. The van der Waals surface area contributed by atoms with Gasteiger partial charge in [0.2, 0.25) is 17.6 Å². The van der Waals surface area contributed by atoms with Crippen LogP contribution in [0.3, 0.4) is 0 Å². The van der Waals surface area contributed by atoms with Crippen LogP contribution >= 0.6 is 0 Å². The number of carbonyl (C=O) groups is 6. The monoisotopic (exact) mass is 857 g/mol. The third-order valence-corrected chi connectivity index (χ3v) is 13.0. The van der Waals surface area contributed by atoms with Crippen molar-refractivity contribution in [2.24, 2.45) is 11.7 Å². The molecule has 0 radical (unpaired) electrons. The van der Waals surface area contributed by atoms with E-state index in [0.29, 0.717) is 25.1 Å². The number of urea groups is 1. The number of carbonyl (C=O) groups excluding carboxylic acids is 6. The van der Waals surface area contributed by atoms with Crippen LogP contribution in [0.15, 0.2) is 35.4 Å². The third kappa shape index (κ3) is 12.5. The molecule has 6 amide bonds. The second-order valence-corrected chi connectivity index (χ2v) is 18.7. The fourth-order valence-electron chi connectivity index (χ4n) is 7.83. The predicted octanol–water partition coefficient (Wildman–Crippen LogP) is 1.01. The van der Waals surface area contributed by atoms with Crippen LogP contribution in [0, 0.1) is 5.92 Å². The van der Waals surface area contributed by atoms with Crippen LogP contribution in [0.1, 0.15) is 113 Å². The lowest BCUT2D eigenvalue weighted by Gasteiger charge is -2.32. The summed E-state index contributed by atoms with van der Waals surface area (Å²) < 4.78 is 31.8. The number of aliphatic hydroxyl groups is 1. The average Bonchev–Trinajstić information content (AvgIpc) is 3.67. The van der Waals surface area contributed by atoms with E-state index < -0.39 is 69.0 Å². The minimum atomic E-state index is -3.66. The Morgan fingerprint density at radius 2 is 1.68 bits per heavy atom. The Hall–Kier alpha value is -4.95. The van der Waals surface area contributed by atoms with Gasteiger partial charge in [-0.2, -0.15) is 0 Å². The van der Waals surface area contributed by atoms with Crippen molar-refractivity contribution in [2.45, 2.75) is 132 Å². The number of ether oxygens (including phenoxy) is 1. The van der Waals surface area contributed by atoms with Gasteiger partial charge in [0, 0.05) is 38.2 Å². The fourth-order valence-corrected chi connectivity index (χ4v) is 9.00. The van der Waals surface area contributed by atoms with E-state index in [0.717, 1.165) is 44.9 Å². The van der Waals surface area contributed by atoms with Gasteiger partial charge in [-0.15, -0.1) is 5.10 Å². The first-order valence-corrected chi connectivity index (χ1v) is 22.4.